The summed E-state index contributed by atoms with van der Waals surface area (Å²) in [5.74, 6) is -0.0799. The molecule has 1 N–H and O–H groups in total. The van der Waals surface area contributed by atoms with Crippen LogP contribution in [-0.4, -0.2) is 43.7 Å². The summed E-state index contributed by atoms with van der Waals surface area (Å²) in [7, 11) is 2.03. The standard InChI is InChI=1S/C16H25N3O2/c1-3-4-7-19(2)14-9-13(10-17-11-14)16(20)18-12-15-6-5-8-21-15/h9-11,15H,3-8,12H2,1-2H3,(H,18,20). The van der Waals surface area contributed by atoms with Crippen molar-refractivity contribution in [1.29, 1.82) is 0 Å². The van der Waals surface area contributed by atoms with Gasteiger partial charge in [0.2, 0.25) is 0 Å². The van der Waals surface area contributed by atoms with Crippen LogP contribution in [0.1, 0.15) is 43.0 Å². The maximum absolute atomic E-state index is 12.2. The first-order valence-corrected chi connectivity index (χ1v) is 7.76. The zero-order valence-corrected chi connectivity index (χ0v) is 13.0. The molecule has 1 amide bonds. The monoisotopic (exact) mass is 291 g/mol. The molecular weight excluding hydrogens is 266 g/mol. The second-order valence-corrected chi connectivity index (χ2v) is 5.55. The van der Waals surface area contributed by atoms with E-state index in [0.717, 1.165) is 44.5 Å². The maximum atomic E-state index is 12.2. The Morgan fingerprint density at radius 1 is 1.52 bits per heavy atom. The number of hydrogen-bond acceptors (Lipinski definition) is 4. The SMILES string of the molecule is CCCCN(C)c1cncc(C(=O)NCC2CCCO2)c1. The van der Waals surface area contributed by atoms with E-state index in [1.165, 1.54) is 0 Å². The van der Waals surface area contributed by atoms with E-state index in [1.54, 1.807) is 12.4 Å². The number of pyridine rings is 1. The molecule has 5 heteroatoms. The molecule has 1 saturated heterocycles. The van der Waals surface area contributed by atoms with Gasteiger partial charge in [-0.15, -0.1) is 0 Å². The second-order valence-electron chi connectivity index (χ2n) is 5.55. The molecule has 21 heavy (non-hydrogen) atoms. The molecule has 1 unspecified atom stereocenters. The van der Waals surface area contributed by atoms with Crippen LogP contribution in [0.15, 0.2) is 18.5 Å². The molecule has 0 radical (unpaired) electrons. The van der Waals surface area contributed by atoms with E-state index >= 15 is 0 Å². The molecule has 5 nitrogen and oxygen atoms in total. The van der Waals surface area contributed by atoms with E-state index in [2.05, 4.69) is 22.1 Å². The number of nitrogens with zero attached hydrogens (tertiary/aromatic N) is 2. The van der Waals surface area contributed by atoms with Crippen LogP contribution >= 0.6 is 0 Å². The molecule has 116 valence electrons. The zero-order valence-electron chi connectivity index (χ0n) is 13.0. The molecule has 1 aliphatic rings. The lowest BCUT2D eigenvalue weighted by molar-refractivity contribution is 0.0857. The highest BCUT2D eigenvalue weighted by Gasteiger charge is 2.17. The summed E-state index contributed by atoms with van der Waals surface area (Å²) in [5, 5.41) is 2.93. The first-order valence-electron chi connectivity index (χ1n) is 7.76. The predicted molar refractivity (Wildman–Crippen MR) is 83.7 cm³/mol. The van der Waals surface area contributed by atoms with E-state index < -0.39 is 0 Å². The minimum absolute atomic E-state index is 0.0799. The van der Waals surface area contributed by atoms with Gasteiger partial charge in [-0.05, 0) is 25.3 Å². The number of rotatable bonds is 7. The van der Waals surface area contributed by atoms with Crippen LogP contribution in [0.25, 0.3) is 0 Å². The fourth-order valence-corrected chi connectivity index (χ4v) is 2.40. The molecule has 0 bridgehead atoms. The van der Waals surface area contributed by atoms with E-state index in [1.807, 2.05) is 13.1 Å². The van der Waals surface area contributed by atoms with Crippen molar-refractivity contribution in [3.8, 4) is 0 Å². The Bertz CT molecular complexity index is 459. The van der Waals surface area contributed by atoms with Gasteiger partial charge in [-0.3, -0.25) is 9.78 Å². The number of amides is 1. The third-order valence-electron chi connectivity index (χ3n) is 3.79. The Hall–Kier alpha value is -1.62. The molecule has 1 aliphatic heterocycles. The molecule has 0 spiro atoms. The lowest BCUT2D eigenvalue weighted by Gasteiger charge is -2.19. The summed E-state index contributed by atoms with van der Waals surface area (Å²) < 4.78 is 5.51. The van der Waals surface area contributed by atoms with Gasteiger partial charge in [0.25, 0.3) is 5.91 Å². The van der Waals surface area contributed by atoms with Crippen molar-refractivity contribution >= 4 is 11.6 Å². The highest BCUT2D eigenvalue weighted by atomic mass is 16.5. The molecule has 2 heterocycles. The van der Waals surface area contributed by atoms with Gasteiger partial charge < -0.3 is 15.0 Å². The van der Waals surface area contributed by atoms with Gasteiger partial charge in [0, 0.05) is 32.9 Å². The third kappa shape index (κ3) is 4.70. The number of carbonyl (C=O) groups is 1. The van der Waals surface area contributed by atoms with Crippen LogP contribution in [-0.2, 0) is 4.74 Å². The average Bonchev–Trinajstić information content (AvgIpc) is 3.03. The van der Waals surface area contributed by atoms with Crippen molar-refractivity contribution in [3.05, 3.63) is 24.0 Å². The normalized spacial score (nSPS) is 17.7. The van der Waals surface area contributed by atoms with Crippen LogP contribution in [0.4, 0.5) is 5.69 Å². The highest BCUT2D eigenvalue weighted by Crippen LogP contribution is 2.14. The highest BCUT2D eigenvalue weighted by molar-refractivity contribution is 5.94. The minimum atomic E-state index is -0.0799. The largest absolute Gasteiger partial charge is 0.376 e. The van der Waals surface area contributed by atoms with Crippen LogP contribution in [0, 0.1) is 0 Å². The number of ether oxygens (including phenoxy) is 1. The molecule has 0 aromatic carbocycles. The number of aromatic nitrogens is 1. The van der Waals surface area contributed by atoms with Crippen molar-refractivity contribution in [1.82, 2.24) is 10.3 Å². The van der Waals surface area contributed by atoms with Crippen LogP contribution in [0.2, 0.25) is 0 Å². The number of hydrogen-bond donors (Lipinski definition) is 1. The van der Waals surface area contributed by atoms with Crippen molar-refractivity contribution in [3.63, 3.8) is 0 Å². The molecule has 2 rings (SSSR count). The van der Waals surface area contributed by atoms with Crippen LogP contribution < -0.4 is 10.2 Å². The third-order valence-corrected chi connectivity index (χ3v) is 3.79. The molecule has 0 saturated carbocycles. The molecule has 0 aliphatic carbocycles. The first kappa shape index (κ1) is 15.8. The quantitative estimate of drug-likeness (QED) is 0.837. The maximum Gasteiger partial charge on any atom is 0.253 e. The Labute approximate surface area is 126 Å². The van der Waals surface area contributed by atoms with Crippen molar-refractivity contribution in [2.24, 2.45) is 0 Å². The van der Waals surface area contributed by atoms with Gasteiger partial charge in [0.15, 0.2) is 0 Å². The van der Waals surface area contributed by atoms with Crippen molar-refractivity contribution in [2.75, 3.05) is 31.6 Å². The van der Waals surface area contributed by atoms with Crippen LogP contribution in [0.3, 0.4) is 0 Å². The summed E-state index contributed by atoms with van der Waals surface area (Å²) >= 11 is 0. The van der Waals surface area contributed by atoms with Gasteiger partial charge >= 0.3 is 0 Å². The Balaban J connectivity index is 1.90. The predicted octanol–water partition coefficient (Wildman–Crippen LogP) is 2.23. The number of anilines is 1. The van der Waals surface area contributed by atoms with E-state index in [4.69, 9.17) is 4.74 Å². The zero-order chi connectivity index (χ0) is 15.1. The second kappa shape index (κ2) is 7.98. The van der Waals surface area contributed by atoms with Crippen LogP contribution in [0.5, 0.6) is 0 Å². The average molecular weight is 291 g/mol. The Kier molecular flexibility index (Phi) is 5.99. The Morgan fingerprint density at radius 3 is 3.10 bits per heavy atom. The smallest absolute Gasteiger partial charge is 0.253 e. The van der Waals surface area contributed by atoms with Gasteiger partial charge in [0.1, 0.15) is 0 Å². The molecule has 1 aromatic rings. The number of carbonyl (C=O) groups excluding carboxylic acids is 1. The van der Waals surface area contributed by atoms with Gasteiger partial charge in [-0.1, -0.05) is 13.3 Å². The first-order chi connectivity index (χ1) is 10.2. The van der Waals surface area contributed by atoms with E-state index in [9.17, 15) is 4.79 Å². The summed E-state index contributed by atoms with van der Waals surface area (Å²) in [4.78, 5) is 18.5. The fourth-order valence-electron chi connectivity index (χ4n) is 2.40. The summed E-state index contributed by atoms with van der Waals surface area (Å²) in [5.41, 5.74) is 1.59. The topological polar surface area (TPSA) is 54.5 Å². The number of unbranched alkanes of at least 4 members (excludes halogenated alkanes) is 1. The molecule has 1 aromatic heterocycles. The summed E-state index contributed by atoms with van der Waals surface area (Å²) in [6.45, 7) is 4.52. The molecule has 1 fully saturated rings. The summed E-state index contributed by atoms with van der Waals surface area (Å²) in [6.07, 6.45) is 7.97. The summed E-state index contributed by atoms with van der Waals surface area (Å²) in [6, 6.07) is 1.90. The van der Waals surface area contributed by atoms with E-state index in [0.29, 0.717) is 12.1 Å². The molecule has 1 atom stereocenters. The molecular formula is C16H25N3O2. The number of nitrogens with one attached hydrogen (secondary N) is 1. The van der Waals surface area contributed by atoms with Gasteiger partial charge in [-0.2, -0.15) is 0 Å². The van der Waals surface area contributed by atoms with Gasteiger partial charge in [-0.25, -0.2) is 0 Å². The lowest BCUT2D eigenvalue weighted by atomic mass is 10.2. The fraction of sp³-hybridized carbons (Fsp3) is 0.625. The Morgan fingerprint density at radius 2 is 2.38 bits per heavy atom. The minimum Gasteiger partial charge on any atom is -0.376 e. The van der Waals surface area contributed by atoms with Gasteiger partial charge in [0.05, 0.1) is 23.6 Å². The van der Waals surface area contributed by atoms with E-state index in [-0.39, 0.29) is 12.0 Å². The van der Waals surface area contributed by atoms with Crippen molar-refractivity contribution < 1.29 is 9.53 Å². The lowest BCUT2D eigenvalue weighted by Crippen LogP contribution is -2.32. The van der Waals surface area contributed by atoms with Crippen molar-refractivity contribution in [2.45, 2.75) is 38.7 Å².